The molecule has 0 saturated carbocycles. The van der Waals surface area contributed by atoms with Gasteiger partial charge in [0, 0.05) is 51.0 Å². The molecule has 1 fully saturated rings. The van der Waals surface area contributed by atoms with Crippen LogP contribution >= 0.6 is 0 Å². The number of hydrogen-bond donors (Lipinski definition) is 0. The first-order chi connectivity index (χ1) is 14.8. The third kappa shape index (κ3) is 4.98. The van der Waals surface area contributed by atoms with Crippen molar-refractivity contribution in [3.8, 4) is 5.75 Å². The van der Waals surface area contributed by atoms with Crippen molar-refractivity contribution in [2.45, 2.75) is 38.6 Å². The van der Waals surface area contributed by atoms with Crippen LogP contribution in [0.15, 0.2) is 48.5 Å². The van der Waals surface area contributed by atoms with Gasteiger partial charge in [-0.2, -0.15) is 0 Å². The highest BCUT2D eigenvalue weighted by Gasteiger charge is 2.26. The van der Waals surface area contributed by atoms with Gasteiger partial charge in [-0.25, -0.2) is 0 Å². The van der Waals surface area contributed by atoms with E-state index < -0.39 is 0 Å². The Labute approximate surface area is 182 Å². The minimum atomic E-state index is 0.662. The summed E-state index contributed by atoms with van der Waals surface area (Å²) >= 11 is 0. The summed E-state index contributed by atoms with van der Waals surface area (Å²) in [6.45, 7) is 10.5. The van der Waals surface area contributed by atoms with E-state index >= 15 is 0 Å². The van der Waals surface area contributed by atoms with Gasteiger partial charge in [-0.3, -0.25) is 9.80 Å². The molecule has 4 heteroatoms. The van der Waals surface area contributed by atoms with Gasteiger partial charge in [-0.1, -0.05) is 37.3 Å². The zero-order chi connectivity index (χ0) is 20.8. The normalized spacial score (nSPS) is 19.7. The molecule has 0 N–H and O–H groups in total. The number of rotatable bonds is 8. The van der Waals surface area contributed by atoms with Gasteiger partial charge in [-0.15, -0.1) is 0 Å². The minimum Gasteiger partial charge on any atom is -0.496 e. The topological polar surface area (TPSA) is 19.0 Å². The molecule has 1 aliphatic heterocycles. The van der Waals surface area contributed by atoms with E-state index in [1.54, 1.807) is 7.11 Å². The van der Waals surface area contributed by atoms with E-state index in [1.165, 1.54) is 62.4 Å². The molecule has 2 aromatic rings. The van der Waals surface area contributed by atoms with Crippen LogP contribution in [0, 0.1) is 0 Å². The molecule has 0 radical (unpaired) electrons. The third-order valence-corrected chi connectivity index (χ3v) is 6.86. The van der Waals surface area contributed by atoms with Crippen LogP contribution in [0.5, 0.6) is 5.75 Å². The first-order valence-corrected chi connectivity index (χ1v) is 11.7. The number of piperazine rings is 1. The molecule has 0 spiro atoms. The highest BCUT2D eigenvalue weighted by atomic mass is 16.5. The molecule has 1 heterocycles. The van der Waals surface area contributed by atoms with Gasteiger partial charge in [0.2, 0.25) is 0 Å². The average molecular weight is 408 g/mol. The molecule has 4 nitrogen and oxygen atoms in total. The maximum atomic E-state index is 5.60. The first kappa shape index (κ1) is 21.2. The van der Waals surface area contributed by atoms with Crippen molar-refractivity contribution in [2.75, 3.05) is 57.8 Å². The lowest BCUT2D eigenvalue weighted by atomic mass is 9.86. The first-order valence-electron chi connectivity index (χ1n) is 11.7. The monoisotopic (exact) mass is 407 g/mol. The fraction of sp³-hybridized carbons (Fsp3) is 0.538. The highest BCUT2D eigenvalue weighted by Crippen LogP contribution is 2.31. The molecule has 30 heavy (non-hydrogen) atoms. The Bertz CT molecular complexity index is 786. The van der Waals surface area contributed by atoms with Crippen molar-refractivity contribution < 1.29 is 4.74 Å². The molecule has 0 unspecified atom stereocenters. The van der Waals surface area contributed by atoms with Gasteiger partial charge in [0.1, 0.15) is 5.75 Å². The summed E-state index contributed by atoms with van der Waals surface area (Å²) in [6.07, 6.45) is 4.77. The van der Waals surface area contributed by atoms with Crippen LogP contribution in [0.2, 0.25) is 0 Å². The molecule has 0 aromatic heterocycles. The standard InChI is InChI=1S/C26H37N3O/c1-3-14-28(24-12-13-25-22(21-24)8-7-11-26(25)30-2)18-15-27-16-19-29(20-17-27)23-9-5-4-6-10-23/h4-11,24H,3,12-21H2,1-2H3/t24-/m0/s1. The molecule has 1 saturated heterocycles. The molecule has 0 bridgehead atoms. The van der Waals surface area contributed by atoms with Crippen molar-refractivity contribution >= 4 is 5.69 Å². The number of nitrogens with zero attached hydrogens (tertiary/aromatic N) is 3. The summed E-state index contributed by atoms with van der Waals surface area (Å²) in [7, 11) is 1.79. The molecule has 1 atom stereocenters. The Morgan fingerprint density at radius 1 is 0.967 bits per heavy atom. The Hall–Kier alpha value is -2.04. The Balaban J connectivity index is 1.30. The quantitative estimate of drug-likeness (QED) is 0.656. The van der Waals surface area contributed by atoms with Gasteiger partial charge < -0.3 is 9.64 Å². The van der Waals surface area contributed by atoms with E-state index in [4.69, 9.17) is 4.74 Å². The van der Waals surface area contributed by atoms with E-state index in [0.29, 0.717) is 6.04 Å². The van der Waals surface area contributed by atoms with Gasteiger partial charge >= 0.3 is 0 Å². The second-order valence-electron chi connectivity index (χ2n) is 8.69. The Morgan fingerprint density at radius 3 is 2.50 bits per heavy atom. The zero-order valence-electron chi connectivity index (χ0n) is 18.7. The molecule has 162 valence electrons. The SMILES string of the molecule is CCCN(CCN1CCN(c2ccccc2)CC1)[C@H]1CCc2c(cccc2OC)C1. The van der Waals surface area contributed by atoms with Crippen LogP contribution in [0.3, 0.4) is 0 Å². The summed E-state index contributed by atoms with van der Waals surface area (Å²) in [5.41, 5.74) is 4.29. The predicted octanol–water partition coefficient (Wildman–Crippen LogP) is 4.09. The fourth-order valence-electron chi connectivity index (χ4n) is 5.16. The molecular weight excluding hydrogens is 370 g/mol. The highest BCUT2D eigenvalue weighted by molar-refractivity contribution is 5.46. The summed E-state index contributed by atoms with van der Waals surface area (Å²) in [4.78, 5) is 7.93. The van der Waals surface area contributed by atoms with Crippen molar-refractivity contribution in [1.82, 2.24) is 9.80 Å². The zero-order valence-corrected chi connectivity index (χ0v) is 18.7. The van der Waals surface area contributed by atoms with Crippen LogP contribution in [-0.4, -0.2) is 68.8 Å². The number of hydrogen-bond acceptors (Lipinski definition) is 4. The van der Waals surface area contributed by atoms with E-state index in [-0.39, 0.29) is 0 Å². The maximum absolute atomic E-state index is 5.60. The smallest absolute Gasteiger partial charge is 0.122 e. The Morgan fingerprint density at radius 2 is 1.77 bits per heavy atom. The van der Waals surface area contributed by atoms with E-state index in [9.17, 15) is 0 Å². The number of methoxy groups -OCH3 is 1. The van der Waals surface area contributed by atoms with E-state index in [2.05, 4.69) is 70.2 Å². The summed E-state index contributed by atoms with van der Waals surface area (Å²) in [5.74, 6) is 1.07. The second kappa shape index (κ2) is 10.3. The van der Waals surface area contributed by atoms with Gasteiger partial charge in [-0.05, 0) is 61.6 Å². The largest absolute Gasteiger partial charge is 0.496 e. The molecular formula is C26H37N3O. The Kier molecular flexibility index (Phi) is 7.29. The molecule has 4 rings (SSSR count). The summed E-state index contributed by atoms with van der Waals surface area (Å²) < 4.78 is 5.60. The van der Waals surface area contributed by atoms with Crippen LogP contribution in [0.1, 0.15) is 30.9 Å². The molecule has 1 aliphatic carbocycles. The average Bonchev–Trinajstić information content (AvgIpc) is 2.82. The van der Waals surface area contributed by atoms with Crippen LogP contribution < -0.4 is 9.64 Å². The summed E-state index contributed by atoms with van der Waals surface area (Å²) in [5, 5.41) is 0. The number of anilines is 1. The van der Waals surface area contributed by atoms with Crippen molar-refractivity contribution in [2.24, 2.45) is 0 Å². The van der Waals surface area contributed by atoms with Gasteiger partial charge in [0.05, 0.1) is 7.11 Å². The van der Waals surface area contributed by atoms with Crippen LogP contribution in [0.25, 0.3) is 0 Å². The second-order valence-corrected chi connectivity index (χ2v) is 8.69. The number of fused-ring (bicyclic) bond motifs is 1. The predicted molar refractivity (Wildman–Crippen MR) is 126 cm³/mol. The summed E-state index contributed by atoms with van der Waals surface area (Å²) in [6, 6.07) is 18.1. The lowest BCUT2D eigenvalue weighted by Gasteiger charge is -2.39. The number of benzene rings is 2. The van der Waals surface area contributed by atoms with Gasteiger partial charge in [0.15, 0.2) is 0 Å². The number of para-hydroxylation sites is 1. The van der Waals surface area contributed by atoms with Crippen LogP contribution in [-0.2, 0) is 12.8 Å². The van der Waals surface area contributed by atoms with E-state index in [0.717, 1.165) is 31.7 Å². The lowest BCUT2D eigenvalue weighted by Crippen LogP contribution is -2.50. The molecule has 2 aliphatic rings. The maximum Gasteiger partial charge on any atom is 0.122 e. The van der Waals surface area contributed by atoms with E-state index in [1.807, 2.05) is 0 Å². The minimum absolute atomic E-state index is 0.662. The van der Waals surface area contributed by atoms with Crippen molar-refractivity contribution in [3.63, 3.8) is 0 Å². The molecule has 0 amide bonds. The molecule has 2 aromatic carbocycles. The van der Waals surface area contributed by atoms with Crippen LogP contribution in [0.4, 0.5) is 5.69 Å². The fourth-order valence-corrected chi connectivity index (χ4v) is 5.16. The lowest BCUT2D eigenvalue weighted by molar-refractivity contribution is 0.145. The third-order valence-electron chi connectivity index (χ3n) is 6.86. The number of ether oxygens (including phenoxy) is 1. The van der Waals surface area contributed by atoms with Gasteiger partial charge in [0.25, 0.3) is 0 Å². The van der Waals surface area contributed by atoms with Crippen molar-refractivity contribution in [3.05, 3.63) is 59.7 Å². The van der Waals surface area contributed by atoms with Crippen molar-refractivity contribution in [1.29, 1.82) is 0 Å².